The smallest absolute Gasteiger partial charge is 0.319 e. The van der Waals surface area contributed by atoms with Gasteiger partial charge in [-0.05, 0) is 29.8 Å². The molecule has 2 rings (SSSR count). The summed E-state index contributed by atoms with van der Waals surface area (Å²) in [5, 5.41) is 14.4. The molecule has 0 saturated heterocycles. The van der Waals surface area contributed by atoms with E-state index in [0.29, 0.717) is 17.0 Å². The number of ether oxygens (including phenoxy) is 1. The van der Waals surface area contributed by atoms with Crippen molar-refractivity contribution in [2.24, 2.45) is 0 Å². The number of carboxylic acids is 1. The van der Waals surface area contributed by atoms with E-state index in [1.54, 1.807) is 55.6 Å². The molecule has 120 valence electrons. The van der Waals surface area contributed by atoms with Gasteiger partial charge in [0.05, 0.1) is 19.6 Å². The fourth-order valence-electron chi connectivity index (χ4n) is 2.11. The van der Waals surface area contributed by atoms with Gasteiger partial charge in [0.2, 0.25) is 0 Å². The SMILES string of the molecule is COc1ccc([C@H](CC(=O)O)NC(=O)Nc2ccccc2)cc1. The summed E-state index contributed by atoms with van der Waals surface area (Å²) >= 11 is 0. The second kappa shape index (κ2) is 7.84. The second-order valence-electron chi connectivity index (χ2n) is 4.89. The number of urea groups is 1. The van der Waals surface area contributed by atoms with E-state index in [4.69, 9.17) is 9.84 Å². The van der Waals surface area contributed by atoms with E-state index in [1.807, 2.05) is 6.07 Å². The molecule has 3 N–H and O–H groups in total. The summed E-state index contributed by atoms with van der Waals surface area (Å²) in [5.74, 6) is -0.331. The Morgan fingerprint density at radius 3 is 2.30 bits per heavy atom. The van der Waals surface area contributed by atoms with E-state index in [0.717, 1.165) is 0 Å². The van der Waals surface area contributed by atoms with Crippen molar-refractivity contribution in [2.45, 2.75) is 12.5 Å². The van der Waals surface area contributed by atoms with Crippen LogP contribution >= 0.6 is 0 Å². The highest BCUT2D eigenvalue weighted by Gasteiger charge is 2.18. The molecule has 0 aliphatic rings. The van der Waals surface area contributed by atoms with E-state index >= 15 is 0 Å². The van der Waals surface area contributed by atoms with Crippen molar-refractivity contribution in [3.8, 4) is 5.75 Å². The van der Waals surface area contributed by atoms with Crippen LogP contribution in [0.4, 0.5) is 10.5 Å². The molecule has 2 aromatic carbocycles. The summed E-state index contributed by atoms with van der Waals surface area (Å²) in [7, 11) is 1.55. The number of methoxy groups -OCH3 is 1. The number of carbonyl (C=O) groups excluding carboxylic acids is 1. The number of aliphatic carboxylic acids is 1. The number of benzene rings is 2. The highest BCUT2D eigenvalue weighted by Crippen LogP contribution is 2.20. The van der Waals surface area contributed by atoms with Gasteiger partial charge in [0.15, 0.2) is 0 Å². The fraction of sp³-hybridized carbons (Fsp3) is 0.176. The van der Waals surface area contributed by atoms with Crippen LogP contribution in [0.25, 0.3) is 0 Å². The van der Waals surface area contributed by atoms with Gasteiger partial charge in [-0.1, -0.05) is 30.3 Å². The predicted octanol–water partition coefficient (Wildman–Crippen LogP) is 3.03. The van der Waals surface area contributed by atoms with Gasteiger partial charge in [0.25, 0.3) is 0 Å². The molecule has 0 aliphatic heterocycles. The molecule has 0 aliphatic carbocycles. The zero-order chi connectivity index (χ0) is 16.7. The zero-order valence-electron chi connectivity index (χ0n) is 12.7. The highest BCUT2D eigenvalue weighted by molar-refractivity contribution is 5.89. The van der Waals surface area contributed by atoms with E-state index in [9.17, 15) is 9.59 Å². The first-order valence-electron chi connectivity index (χ1n) is 7.07. The summed E-state index contributed by atoms with van der Waals surface area (Å²) in [6.07, 6.45) is -0.214. The molecule has 1 atom stereocenters. The van der Waals surface area contributed by atoms with Crippen molar-refractivity contribution >= 4 is 17.7 Å². The molecule has 6 nitrogen and oxygen atoms in total. The maximum Gasteiger partial charge on any atom is 0.319 e. The van der Waals surface area contributed by atoms with Gasteiger partial charge >= 0.3 is 12.0 Å². The fourth-order valence-corrected chi connectivity index (χ4v) is 2.11. The van der Waals surface area contributed by atoms with Crippen LogP contribution in [0.5, 0.6) is 5.75 Å². The van der Waals surface area contributed by atoms with Gasteiger partial charge in [-0.15, -0.1) is 0 Å². The van der Waals surface area contributed by atoms with Crippen LogP contribution in [0.1, 0.15) is 18.0 Å². The Morgan fingerprint density at radius 1 is 1.09 bits per heavy atom. The molecule has 0 fully saturated rings. The number of rotatable bonds is 6. The number of hydrogen-bond acceptors (Lipinski definition) is 3. The third kappa shape index (κ3) is 5.03. The minimum absolute atomic E-state index is 0.214. The molecule has 0 heterocycles. The average molecular weight is 314 g/mol. The Balaban J connectivity index is 2.08. The van der Waals surface area contributed by atoms with Gasteiger partial charge < -0.3 is 20.5 Å². The van der Waals surface area contributed by atoms with Crippen molar-refractivity contribution in [1.82, 2.24) is 5.32 Å². The van der Waals surface area contributed by atoms with Crippen LogP contribution in [-0.4, -0.2) is 24.2 Å². The zero-order valence-corrected chi connectivity index (χ0v) is 12.7. The maximum absolute atomic E-state index is 12.1. The van der Waals surface area contributed by atoms with Gasteiger partial charge in [0, 0.05) is 5.69 Å². The van der Waals surface area contributed by atoms with Crippen LogP contribution in [0.3, 0.4) is 0 Å². The molecule has 0 radical (unpaired) electrons. The quantitative estimate of drug-likeness (QED) is 0.765. The summed E-state index contributed by atoms with van der Waals surface area (Å²) < 4.78 is 5.07. The lowest BCUT2D eigenvalue weighted by molar-refractivity contribution is -0.137. The minimum Gasteiger partial charge on any atom is -0.497 e. The molecule has 23 heavy (non-hydrogen) atoms. The van der Waals surface area contributed by atoms with Gasteiger partial charge in [-0.2, -0.15) is 0 Å². The maximum atomic E-state index is 12.1. The van der Waals surface area contributed by atoms with Gasteiger partial charge in [0.1, 0.15) is 5.75 Å². The van der Waals surface area contributed by atoms with Crippen LogP contribution in [0.2, 0.25) is 0 Å². The number of amides is 2. The van der Waals surface area contributed by atoms with E-state index in [2.05, 4.69) is 10.6 Å². The number of nitrogens with one attached hydrogen (secondary N) is 2. The van der Waals surface area contributed by atoms with Crippen LogP contribution in [0.15, 0.2) is 54.6 Å². The van der Waals surface area contributed by atoms with E-state index in [1.165, 1.54) is 0 Å². The van der Waals surface area contributed by atoms with E-state index in [-0.39, 0.29) is 6.42 Å². The van der Waals surface area contributed by atoms with Crippen molar-refractivity contribution < 1.29 is 19.4 Å². The van der Waals surface area contributed by atoms with Crippen LogP contribution < -0.4 is 15.4 Å². The molecule has 0 saturated carbocycles. The first-order chi connectivity index (χ1) is 11.1. The van der Waals surface area contributed by atoms with Gasteiger partial charge in [-0.3, -0.25) is 4.79 Å². The molecule has 6 heteroatoms. The molecule has 0 spiro atoms. The largest absolute Gasteiger partial charge is 0.497 e. The Labute approximate surface area is 134 Å². The molecule has 0 bridgehead atoms. The second-order valence-corrected chi connectivity index (χ2v) is 4.89. The molecule has 2 aromatic rings. The standard InChI is InChI=1S/C17H18N2O4/c1-23-14-9-7-12(8-10-14)15(11-16(20)21)19-17(22)18-13-5-3-2-4-6-13/h2-10,15H,11H2,1H3,(H,20,21)(H2,18,19,22)/t15-/m0/s1. The molecular weight excluding hydrogens is 296 g/mol. The number of anilines is 1. The summed E-state index contributed by atoms with van der Waals surface area (Å²) in [4.78, 5) is 23.1. The Bertz CT molecular complexity index is 656. The summed E-state index contributed by atoms with van der Waals surface area (Å²) in [5.41, 5.74) is 1.32. The Kier molecular flexibility index (Phi) is 5.57. The van der Waals surface area contributed by atoms with Crippen LogP contribution in [-0.2, 0) is 4.79 Å². The Morgan fingerprint density at radius 2 is 1.74 bits per heavy atom. The predicted molar refractivity (Wildman–Crippen MR) is 86.6 cm³/mol. The minimum atomic E-state index is -0.995. The average Bonchev–Trinajstić information content (AvgIpc) is 2.55. The van der Waals surface area contributed by atoms with E-state index < -0.39 is 18.0 Å². The topological polar surface area (TPSA) is 87.7 Å². The molecule has 2 amide bonds. The third-order valence-electron chi connectivity index (χ3n) is 3.23. The summed E-state index contributed by atoms with van der Waals surface area (Å²) in [6.45, 7) is 0. The lowest BCUT2D eigenvalue weighted by atomic mass is 10.0. The highest BCUT2D eigenvalue weighted by atomic mass is 16.5. The molecular formula is C17H18N2O4. The van der Waals surface area contributed by atoms with Crippen LogP contribution in [0, 0.1) is 0 Å². The summed E-state index contributed by atoms with van der Waals surface area (Å²) in [6, 6.07) is 14.8. The Hall–Kier alpha value is -3.02. The lowest BCUT2D eigenvalue weighted by Gasteiger charge is -2.18. The first-order valence-corrected chi connectivity index (χ1v) is 7.07. The van der Waals surface area contributed by atoms with Crippen molar-refractivity contribution in [3.63, 3.8) is 0 Å². The lowest BCUT2D eigenvalue weighted by Crippen LogP contribution is -2.33. The van der Waals surface area contributed by atoms with Crippen molar-refractivity contribution in [3.05, 3.63) is 60.2 Å². The third-order valence-corrected chi connectivity index (χ3v) is 3.23. The van der Waals surface area contributed by atoms with Gasteiger partial charge in [-0.25, -0.2) is 4.79 Å². The number of para-hydroxylation sites is 1. The van der Waals surface area contributed by atoms with Crippen molar-refractivity contribution in [1.29, 1.82) is 0 Å². The first kappa shape index (κ1) is 16.4. The molecule has 0 aromatic heterocycles. The normalized spacial score (nSPS) is 11.3. The number of carboxylic acid groups (broad SMARTS) is 1. The van der Waals surface area contributed by atoms with Crippen molar-refractivity contribution in [2.75, 3.05) is 12.4 Å². The number of hydrogen-bond donors (Lipinski definition) is 3. The molecule has 0 unspecified atom stereocenters. The monoisotopic (exact) mass is 314 g/mol. The number of carbonyl (C=O) groups is 2.